The number of carbonyl (C=O) groups is 2. The van der Waals surface area contributed by atoms with E-state index in [0.29, 0.717) is 0 Å². The summed E-state index contributed by atoms with van der Waals surface area (Å²) in [7, 11) is 0. The van der Waals surface area contributed by atoms with Crippen LogP contribution in [0.1, 0.15) is 10.4 Å². The molecule has 0 bridgehead atoms. The van der Waals surface area contributed by atoms with Gasteiger partial charge < -0.3 is 19.7 Å². The lowest BCUT2D eigenvalue weighted by Crippen LogP contribution is -2.09. The van der Waals surface area contributed by atoms with E-state index in [1.165, 1.54) is 24.3 Å². The smallest absolute Gasteiger partial charge is 0.377 e. The Labute approximate surface area is 110 Å². The van der Waals surface area contributed by atoms with Gasteiger partial charge in [0.15, 0.2) is 0 Å². The first-order valence-electron chi connectivity index (χ1n) is 4.79. The highest BCUT2D eigenvalue weighted by Gasteiger charge is 2.33. The Morgan fingerprint density at radius 3 is 2.39 bits per heavy atom. The first kappa shape index (κ1) is 12.6. The fraction of sp³-hybridized carbons (Fsp3) is 0.0909. The molecule has 0 radical (unpaired) electrons. The molecule has 1 unspecified atom stereocenters. The van der Waals surface area contributed by atoms with Crippen LogP contribution in [-0.4, -0.2) is 28.4 Å². The number of benzene rings is 1. The molecule has 1 heterocycles. The van der Waals surface area contributed by atoms with Crippen molar-refractivity contribution in [3.8, 4) is 5.75 Å². The van der Waals surface area contributed by atoms with Gasteiger partial charge in [-0.15, -0.1) is 0 Å². The van der Waals surface area contributed by atoms with Crippen LogP contribution in [0, 0.1) is 0 Å². The maximum absolute atomic E-state index is 11.3. The van der Waals surface area contributed by atoms with Crippen LogP contribution in [0.4, 0.5) is 0 Å². The molecular formula is C11H7BrO6. The number of carboxylic acid groups (broad SMARTS) is 1. The molecule has 0 aromatic heterocycles. The Balaban J connectivity index is 2.20. The average molecular weight is 315 g/mol. The Kier molecular flexibility index (Phi) is 3.35. The largest absolute Gasteiger partial charge is 0.478 e. The summed E-state index contributed by atoms with van der Waals surface area (Å²) in [5.74, 6) is -1.75. The molecule has 18 heavy (non-hydrogen) atoms. The minimum Gasteiger partial charge on any atom is -0.478 e. The molecule has 0 spiro atoms. The number of hydrogen-bond donors (Lipinski definition) is 2. The molecule has 2 rings (SSSR count). The molecule has 1 aliphatic heterocycles. The highest BCUT2D eigenvalue weighted by molar-refractivity contribution is 9.11. The molecule has 2 N–H and O–H groups in total. The van der Waals surface area contributed by atoms with Gasteiger partial charge >= 0.3 is 11.9 Å². The number of aliphatic hydroxyl groups excluding tert-OH is 1. The molecule has 1 atom stereocenters. The topological polar surface area (TPSA) is 93.1 Å². The number of halogens is 1. The van der Waals surface area contributed by atoms with Gasteiger partial charge in [-0.25, -0.2) is 9.59 Å². The third kappa shape index (κ3) is 2.36. The van der Waals surface area contributed by atoms with Crippen LogP contribution in [0.5, 0.6) is 5.75 Å². The Morgan fingerprint density at radius 1 is 1.33 bits per heavy atom. The van der Waals surface area contributed by atoms with Gasteiger partial charge in [-0.1, -0.05) is 0 Å². The zero-order valence-electron chi connectivity index (χ0n) is 8.79. The second-order valence-electron chi connectivity index (χ2n) is 3.37. The predicted octanol–water partition coefficient (Wildman–Crippen LogP) is 1.25. The number of rotatable bonds is 3. The van der Waals surface area contributed by atoms with Crippen molar-refractivity contribution in [1.82, 2.24) is 0 Å². The van der Waals surface area contributed by atoms with Gasteiger partial charge in [0.05, 0.1) is 5.56 Å². The van der Waals surface area contributed by atoms with Crippen LogP contribution in [0.3, 0.4) is 0 Å². The van der Waals surface area contributed by atoms with Gasteiger partial charge in [-0.05, 0) is 40.2 Å². The summed E-state index contributed by atoms with van der Waals surface area (Å²) in [6.45, 7) is 0. The summed E-state index contributed by atoms with van der Waals surface area (Å²) in [6, 6.07) is 5.47. The summed E-state index contributed by atoms with van der Waals surface area (Å²) >= 11 is 2.97. The second-order valence-corrected chi connectivity index (χ2v) is 4.22. The van der Waals surface area contributed by atoms with E-state index < -0.39 is 18.2 Å². The lowest BCUT2D eigenvalue weighted by atomic mass is 10.2. The second kappa shape index (κ2) is 4.79. The Hall–Kier alpha value is -1.86. The normalized spacial score (nSPS) is 18.8. The van der Waals surface area contributed by atoms with Crippen molar-refractivity contribution in [3.63, 3.8) is 0 Å². The van der Waals surface area contributed by atoms with Crippen LogP contribution in [0.25, 0.3) is 0 Å². The van der Waals surface area contributed by atoms with Gasteiger partial charge in [-0.3, -0.25) is 0 Å². The molecule has 1 aromatic carbocycles. The van der Waals surface area contributed by atoms with Crippen LogP contribution in [0.2, 0.25) is 0 Å². The third-order valence-corrected chi connectivity index (χ3v) is 2.91. The Morgan fingerprint density at radius 2 is 1.94 bits per heavy atom. The molecule has 1 aromatic rings. The SMILES string of the molecule is O=C1OC(O)C(Br)=C1Oc1ccc(C(=O)O)cc1. The zero-order valence-corrected chi connectivity index (χ0v) is 10.4. The van der Waals surface area contributed by atoms with Gasteiger partial charge in [0.25, 0.3) is 0 Å². The third-order valence-electron chi connectivity index (χ3n) is 2.16. The molecule has 1 aliphatic rings. The van der Waals surface area contributed by atoms with Crippen molar-refractivity contribution in [1.29, 1.82) is 0 Å². The quantitative estimate of drug-likeness (QED) is 0.815. The highest BCUT2D eigenvalue weighted by Crippen LogP contribution is 2.28. The van der Waals surface area contributed by atoms with Gasteiger partial charge in [-0.2, -0.15) is 0 Å². The number of carboxylic acids is 1. The molecule has 0 amide bonds. The van der Waals surface area contributed by atoms with Gasteiger partial charge in [0.2, 0.25) is 12.0 Å². The monoisotopic (exact) mass is 314 g/mol. The first-order valence-corrected chi connectivity index (χ1v) is 5.58. The predicted molar refractivity (Wildman–Crippen MR) is 62.1 cm³/mol. The van der Waals surface area contributed by atoms with Crippen molar-refractivity contribution in [2.75, 3.05) is 0 Å². The summed E-state index contributed by atoms with van der Waals surface area (Å²) in [4.78, 5) is 21.9. The number of aliphatic hydroxyl groups is 1. The standard InChI is InChI=1S/C11H7BrO6/c12-7-8(11(16)18-10(7)15)17-6-3-1-5(2-4-6)9(13)14/h1-4,10,15H,(H,13,14). The van der Waals surface area contributed by atoms with Gasteiger partial charge in [0.1, 0.15) is 10.2 Å². The van der Waals surface area contributed by atoms with E-state index in [-0.39, 0.29) is 21.6 Å². The molecule has 0 fully saturated rings. The van der Waals surface area contributed by atoms with Crippen LogP contribution < -0.4 is 4.74 Å². The highest BCUT2D eigenvalue weighted by atomic mass is 79.9. The maximum Gasteiger partial charge on any atom is 0.377 e. The number of carbonyl (C=O) groups excluding carboxylic acids is 1. The first-order chi connectivity index (χ1) is 8.49. The van der Waals surface area contributed by atoms with E-state index in [0.717, 1.165) is 0 Å². The molecule has 6 nitrogen and oxygen atoms in total. The van der Waals surface area contributed by atoms with E-state index in [4.69, 9.17) is 9.84 Å². The van der Waals surface area contributed by atoms with E-state index in [9.17, 15) is 14.7 Å². The van der Waals surface area contributed by atoms with E-state index in [2.05, 4.69) is 20.7 Å². The molecule has 7 heteroatoms. The summed E-state index contributed by atoms with van der Waals surface area (Å²) < 4.78 is 9.80. The van der Waals surface area contributed by atoms with E-state index in [1.54, 1.807) is 0 Å². The van der Waals surface area contributed by atoms with Crippen LogP contribution >= 0.6 is 15.9 Å². The zero-order chi connectivity index (χ0) is 13.3. The number of esters is 1. The number of cyclic esters (lactones) is 1. The van der Waals surface area contributed by atoms with E-state index >= 15 is 0 Å². The molecule has 0 aliphatic carbocycles. The number of aromatic carboxylic acids is 1. The van der Waals surface area contributed by atoms with Crippen molar-refractivity contribution >= 4 is 27.9 Å². The number of ether oxygens (including phenoxy) is 2. The minimum absolute atomic E-state index is 0.0924. The average Bonchev–Trinajstić information content (AvgIpc) is 2.57. The lowest BCUT2D eigenvalue weighted by Gasteiger charge is -2.04. The minimum atomic E-state index is -1.37. The lowest BCUT2D eigenvalue weighted by molar-refractivity contribution is -0.153. The summed E-state index contributed by atoms with van der Waals surface area (Å²) in [5, 5.41) is 17.9. The van der Waals surface area contributed by atoms with Crippen molar-refractivity contribution in [3.05, 3.63) is 40.1 Å². The fourth-order valence-electron chi connectivity index (χ4n) is 1.29. The summed E-state index contributed by atoms with van der Waals surface area (Å²) in [6.07, 6.45) is -1.37. The maximum atomic E-state index is 11.3. The van der Waals surface area contributed by atoms with Crippen LogP contribution in [-0.2, 0) is 9.53 Å². The van der Waals surface area contributed by atoms with E-state index in [1.807, 2.05) is 0 Å². The fourth-order valence-corrected chi connectivity index (χ4v) is 1.63. The molecule has 0 saturated heterocycles. The molecule has 94 valence electrons. The Bertz CT molecular complexity index is 533. The van der Waals surface area contributed by atoms with Crippen molar-refractivity contribution in [2.24, 2.45) is 0 Å². The molecular weight excluding hydrogens is 308 g/mol. The van der Waals surface area contributed by atoms with Crippen molar-refractivity contribution < 1.29 is 29.3 Å². The van der Waals surface area contributed by atoms with Gasteiger partial charge in [0, 0.05) is 0 Å². The molecule has 0 saturated carbocycles. The van der Waals surface area contributed by atoms with Crippen LogP contribution in [0.15, 0.2) is 34.5 Å². The summed E-state index contributed by atoms with van der Waals surface area (Å²) in [5.41, 5.74) is 0.101. The number of hydrogen-bond acceptors (Lipinski definition) is 5. The van der Waals surface area contributed by atoms with Crippen molar-refractivity contribution in [2.45, 2.75) is 6.29 Å².